The molecule has 0 bridgehead atoms. The van der Waals surface area contributed by atoms with E-state index >= 15 is 0 Å². The summed E-state index contributed by atoms with van der Waals surface area (Å²) in [7, 11) is 0. The summed E-state index contributed by atoms with van der Waals surface area (Å²) < 4.78 is 15.3. The molecule has 1 aromatic heterocycles. The van der Waals surface area contributed by atoms with E-state index in [1.54, 1.807) is 18.5 Å². The van der Waals surface area contributed by atoms with Crippen LogP contribution in [0.5, 0.6) is 0 Å². The summed E-state index contributed by atoms with van der Waals surface area (Å²) in [6.45, 7) is 1.81. The number of halogens is 1. The number of carbonyl (C=O) groups excluding carboxylic acids is 1. The first-order chi connectivity index (χ1) is 12.7. The summed E-state index contributed by atoms with van der Waals surface area (Å²) in [4.78, 5) is 19.1. The van der Waals surface area contributed by atoms with Gasteiger partial charge in [0.1, 0.15) is 5.82 Å². The molecule has 0 N–H and O–H groups in total. The second-order valence-electron chi connectivity index (χ2n) is 7.28. The fourth-order valence-corrected chi connectivity index (χ4v) is 5.14. The molecule has 1 aliphatic carbocycles. The minimum Gasteiger partial charge on any atom is -0.342 e. The van der Waals surface area contributed by atoms with Crippen LogP contribution in [0.25, 0.3) is 5.69 Å². The highest BCUT2D eigenvalue weighted by Gasteiger charge is 2.32. The van der Waals surface area contributed by atoms with Crippen molar-refractivity contribution in [2.75, 3.05) is 18.8 Å². The maximum absolute atomic E-state index is 13.5. The molecule has 1 saturated carbocycles. The molecule has 4 rings (SSSR count). The zero-order chi connectivity index (χ0) is 17.9. The van der Waals surface area contributed by atoms with Crippen LogP contribution in [0.15, 0.2) is 41.8 Å². The summed E-state index contributed by atoms with van der Waals surface area (Å²) in [6.07, 6.45) is 9.91. The highest BCUT2D eigenvalue weighted by Crippen LogP contribution is 2.36. The number of amides is 1. The van der Waals surface area contributed by atoms with Crippen molar-refractivity contribution in [2.45, 2.75) is 37.3 Å². The van der Waals surface area contributed by atoms with Gasteiger partial charge in [0.2, 0.25) is 5.91 Å². The van der Waals surface area contributed by atoms with Crippen molar-refractivity contribution in [3.63, 3.8) is 0 Å². The average Bonchev–Trinajstić information content (AvgIpc) is 3.14. The highest BCUT2D eigenvalue weighted by molar-refractivity contribution is 7.99. The van der Waals surface area contributed by atoms with E-state index < -0.39 is 0 Å². The predicted molar refractivity (Wildman–Crippen MR) is 101 cm³/mol. The van der Waals surface area contributed by atoms with Gasteiger partial charge in [-0.25, -0.2) is 9.37 Å². The van der Waals surface area contributed by atoms with Gasteiger partial charge in [-0.2, -0.15) is 0 Å². The monoisotopic (exact) mass is 373 g/mol. The van der Waals surface area contributed by atoms with E-state index in [1.165, 1.54) is 49.6 Å². The lowest BCUT2D eigenvalue weighted by atomic mass is 9.75. The molecule has 1 amide bonds. The quantitative estimate of drug-likeness (QED) is 0.756. The molecule has 2 aliphatic rings. The summed E-state index contributed by atoms with van der Waals surface area (Å²) in [5.41, 5.74) is 0.723. The van der Waals surface area contributed by atoms with Gasteiger partial charge in [0, 0.05) is 25.5 Å². The molecule has 2 atom stereocenters. The molecule has 2 heterocycles. The number of likely N-dealkylation sites (tertiary alicyclic amines) is 1. The Labute approximate surface area is 157 Å². The number of nitrogens with zero attached hydrogens (tertiary/aromatic N) is 3. The van der Waals surface area contributed by atoms with Crippen molar-refractivity contribution in [3.8, 4) is 5.69 Å². The first-order valence-corrected chi connectivity index (χ1v) is 10.4. The number of benzene rings is 1. The van der Waals surface area contributed by atoms with Crippen LogP contribution in [-0.4, -0.2) is 39.2 Å². The molecular formula is C20H24FN3OS. The number of thioether (sulfide) groups is 1. The second kappa shape index (κ2) is 7.82. The van der Waals surface area contributed by atoms with Crippen molar-refractivity contribution in [1.29, 1.82) is 0 Å². The minimum absolute atomic E-state index is 0.188. The number of fused-ring (bicyclic) bond motifs is 1. The summed E-state index contributed by atoms with van der Waals surface area (Å²) >= 11 is 1.42. The average molecular weight is 373 g/mol. The van der Waals surface area contributed by atoms with E-state index in [2.05, 4.69) is 4.98 Å². The molecule has 0 spiro atoms. The molecular weight excluding hydrogens is 349 g/mol. The molecule has 2 fully saturated rings. The van der Waals surface area contributed by atoms with Crippen LogP contribution < -0.4 is 0 Å². The van der Waals surface area contributed by atoms with Crippen LogP contribution in [0.1, 0.15) is 32.1 Å². The number of carbonyl (C=O) groups is 1. The molecule has 4 nitrogen and oxygen atoms in total. The summed E-state index contributed by atoms with van der Waals surface area (Å²) in [5.74, 6) is 1.81. The molecule has 1 aromatic carbocycles. The third kappa shape index (κ3) is 3.80. The lowest BCUT2D eigenvalue weighted by Crippen LogP contribution is -2.45. The number of hydrogen-bond donors (Lipinski definition) is 0. The Morgan fingerprint density at radius 2 is 2.08 bits per heavy atom. The number of rotatable bonds is 4. The summed E-state index contributed by atoms with van der Waals surface area (Å²) in [6, 6.07) is 6.41. The van der Waals surface area contributed by atoms with Gasteiger partial charge in [-0.15, -0.1) is 0 Å². The third-order valence-electron chi connectivity index (χ3n) is 5.66. The van der Waals surface area contributed by atoms with Gasteiger partial charge in [0.25, 0.3) is 0 Å². The molecule has 0 unspecified atom stereocenters. The normalized spacial score (nSPS) is 22.9. The van der Waals surface area contributed by atoms with Gasteiger partial charge in [-0.05, 0) is 42.9 Å². The van der Waals surface area contributed by atoms with Gasteiger partial charge in [-0.1, -0.05) is 37.1 Å². The van der Waals surface area contributed by atoms with Crippen LogP contribution >= 0.6 is 11.8 Å². The van der Waals surface area contributed by atoms with Crippen LogP contribution in [0.3, 0.4) is 0 Å². The van der Waals surface area contributed by atoms with Crippen molar-refractivity contribution < 1.29 is 9.18 Å². The van der Waals surface area contributed by atoms with Gasteiger partial charge in [-0.3, -0.25) is 9.36 Å². The number of imidazole rings is 1. The highest BCUT2D eigenvalue weighted by atomic mass is 32.2. The van der Waals surface area contributed by atoms with Gasteiger partial charge >= 0.3 is 0 Å². The second-order valence-corrected chi connectivity index (χ2v) is 8.22. The molecule has 1 saturated heterocycles. The predicted octanol–water partition coefficient (Wildman–Crippen LogP) is 4.14. The maximum Gasteiger partial charge on any atom is 0.233 e. The van der Waals surface area contributed by atoms with Crippen molar-refractivity contribution >= 4 is 17.7 Å². The lowest BCUT2D eigenvalue weighted by molar-refractivity contribution is -0.131. The largest absolute Gasteiger partial charge is 0.342 e. The van der Waals surface area contributed by atoms with Gasteiger partial charge < -0.3 is 4.90 Å². The Morgan fingerprint density at radius 3 is 2.92 bits per heavy atom. The Kier molecular flexibility index (Phi) is 5.29. The van der Waals surface area contributed by atoms with E-state index in [-0.39, 0.29) is 11.7 Å². The Bertz CT molecular complexity index is 778. The van der Waals surface area contributed by atoms with Crippen LogP contribution in [0, 0.1) is 17.7 Å². The van der Waals surface area contributed by atoms with Crippen LogP contribution in [0.2, 0.25) is 0 Å². The number of hydrogen-bond acceptors (Lipinski definition) is 3. The van der Waals surface area contributed by atoms with Gasteiger partial charge in [0.05, 0.1) is 11.4 Å². The molecule has 138 valence electrons. The molecule has 0 radical (unpaired) electrons. The first-order valence-electron chi connectivity index (χ1n) is 9.40. The lowest BCUT2D eigenvalue weighted by Gasteiger charge is -2.41. The molecule has 26 heavy (non-hydrogen) atoms. The zero-order valence-corrected chi connectivity index (χ0v) is 15.6. The maximum atomic E-state index is 13.5. The standard InChI is InChI=1S/C20H24FN3OS/c21-17-6-3-7-18(12-17)24-11-9-22-20(24)26-14-19(25)23-10-8-15-4-1-2-5-16(15)13-23/h3,6-7,9,11-12,15-16H,1-2,4-5,8,10,13-14H2/t15-,16-/m1/s1. The van der Waals surface area contributed by atoms with Crippen LogP contribution in [0.4, 0.5) is 4.39 Å². The fourth-order valence-electron chi connectivity index (χ4n) is 4.26. The Hall–Kier alpha value is -1.82. The topological polar surface area (TPSA) is 38.1 Å². The Morgan fingerprint density at radius 1 is 1.23 bits per heavy atom. The first kappa shape index (κ1) is 17.6. The Balaban J connectivity index is 1.37. The number of piperidine rings is 1. The van der Waals surface area contributed by atoms with E-state index in [1.807, 2.05) is 15.5 Å². The third-order valence-corrected chi connectivity index (χ3v) is 6.61. The van der Waals surface area contributed by atoms with Crippen molar-refractivity contribution in [1.82, 2.24) is 14.5 Å². The molecule has 6 heteroatoms. The van der Waals surface area contributed by atoms with Crippen molar-refractivity contribution in [3.05, 3.63) is 42.5 Å². The minimum atomic E-state index is -0.279. The zero-order valence-electron chi connectivity index (χ0n) is 14.8. The summed E-state index contributed by atoms with van der Waals surface area (Å²) in [5, 5.41) is 0.719. The van der Waals surface area contributed by atoms with E-state index in [0.717, 1.165) is 36.3 Å². The van der Waals surface area contributed by atoms with E-state index in [0.29, 0.717) is 11.7 Å². The molecule has 2 aromatic rings. The number of aromatic nitrogens is 2. The molecule has 1 aliphatic heterocycles. The van der Waals surface area contributed by atoms with E-state index in [9.17, 15) is 9.18 Å². The SMILES string of the molecule is O=C(CSc1nccn1-c1cccc(F)c1)N1CC[C@H]2CCCC[C@@H]2C1. The van der Waals surface area contributed by atoms with E-state index in [4.69, 9.17) is 0 Å². The van der Waals surface area contributed by atoms with Crippen molar-refractivity contribution in [2.24, 2.45) is 11.8 Å². The fraction of sp³-hybridized carbons (Fsp3) is 0.500. The smallest absolute Gasteiger partial charge is 0.233 e. The van der Waals surface area contributed by atoms with Gasteiger partial charge in [0.15, 0.2) is 5.16 Å². The van der Waals surface area contributed by atoms with Crippen LogP contribution in [-0.2, 0) is 4.79 Å².